The summed E-state index contributed by atoms with van der Waals surface area (Å²) in [6.45, 7) is 3.35. The van der Waals surface area contributed by atoms with Crippen LogP contribution in [0, 0.1) is 5.92 Å². The first-order valence-corrected chi connectivity index (χ1v) is 9.47. The maximum Gasteiger partial charge on any atom is 0.395 e. The molecule has 1 amide bonds. The highest BCUT2D eigenvalue weighted by atomic mass is 19.4. The molecule has 1 aromatic heterocycles. The maximum absolute atomic E-state index is 12.8. The number of rotatable bonds is 5. The topological polar surface area (TPSA) is 72.9 Å². The maximum atomic E-state index is 12.8. The first-order valence-electron chi connectivity index (χ1n) is 9.47. The van der Waals surface area contributed by atoms with Crippen molar-refractivity contribution in [3.05, 3.63) is 41.6 Å². The molecule has 1 fully saturated rings. The quantitative estimate of drug-likeness (QED) is 0.737. The van der Waals surface area contributed by atoms with Crippen LogP contribution in [0.2, 0.25) is 0 Å². The van der Waals surface area contributed by atoms with Gasteiger partial charge in [0.05, 0.1) is 12.0 Å². The van der Waals surface area contributed by atoms with Crippen molar-refractivity contribution in [2.45, 2.75) is 57.7 Å². The molecule has 8 heteroatoms. The highest BCUT2D eigenvalue weighted by Crippen LogP contribution is 2.35. The molecule has 3 N–H and O–H groups in total. The molecule has 2 aromatic rings. The fourth-order valence-electron chi connectivity index (χ4n) is 3.54. The minimum atomic E-state index is -4.29. The number of hydrogen-bond acceptors (Lipinski definition) is 3. The Hall–Kier alpha value is -2.51. The van der Waals surface area contributed by atoms with E-state index in [9.17, 15) is 18.0 Å². The Morgan fingerprint density at radius 3 is 2.36 bits per heavy atom. The van der Waals surface area contributed by atoms with Crippen LogP contribution in [0.1, 0.15) is 67.4 Å². The molecule has 1 aromatic carbocycles. The molecule has 0 spiro atoms. The largest absolute Gasteiger partial charge is 0.395 e. The molecule has 1 aliphatic carbocycles. The van der Waals surface area contributed by atoms with E-state index < -0.39 is 18.0 Å². The van der Waals surface area contributed by atoms with E-state index in [4.69, 9.17) is 5.73 Å². The summed E-state index contributed by atoms with van der Waals surface area (Å²) in [4.78, 5) is 11.8. The van der Waals surface area contributed by atoms with E-state index >= 15 is 0 Å². The number of alkyl halides is 3. The van der Waals surface area contributed by atoms with Crippen molar-refractivity contribution >= 4 is 17.4 Å². The van der Waals surface area contributed by atoms with Gasteiger partial charge in [-0.25, -0.2) is 0 Å². The third kappa shape index (κ3) is 4.48. The van der Waals surface area contributed by atoms with E-state index in [1.165, 1.54) is 12.1 Å². The number of nitrogens with zero attached hydrogens (tertiary/aromatic N) is 2. The van der Waals surface area contributed by atoms with Gasteiger partial charge in [0.1, 0.15) is 5.56 Å². The second kappa shape index (κ2) is 7.85. The average molecular weight is 394 g/mol. The predicted octanol–water partition coefficient (Wildman–Crippen LogP) is 5.14. The Morgan fingerprint density at radius 1 is 1.21 bits per heavy atom. The van der Waals surface area contributed by atoms with Gasteiger partial charge in [-0.05, 0) is 56.2 Å². The van der Waals surface area contributed by atoms with E-state index in [0.717, 1.165) is 32.6 Å². The fourth-order valence-corrected chi connectivity index (χ4v) is 3.54. The van der Waals surface area contributed by atoms with Crippen LogP contribution < -0.4 is 11.1 Å². The number of carbonyl (C=O) groups is 1. The summed E-state index contributed by atoms with van der Waals surface area (Å²) in [7, 11) is 0. The Balaban J connectivity index is 1.79. The van der Waals surface area contributed by atoms with Crippen molar-refractivity contribution in [2.75, 3.05) is 5.32 Å². The first kappa shape index (κ1) is 20.2. The van der Waals surface area contributed by atoms with Crippen LogP contribution in [-0.2, 0) is 0 Å². The third-order valence-corrected chi connectivity index (χ3v) is 5.52. The van der Waals surface area contributed by atoms with E-state index in [-0.39, 0.29) is 17.2 Å². The Bertz CT molecular complexity index is 821. The van der Waals surface area contributed by atoms with Crippen molar-refractivity contribution in [1.82, 2.24) is 9.78 Å². The minimum Gasteiger partial charge on any atom is -0.365 e. The van der Waals surface area contributed by atoms with Crippen molar-refractivity contribution < 1.29 is 18.0 Å². The number of primary amides is 1. The second-order valence-corrected chi connectivity index (χ2v) is 7.66. The summed E-state index contributed by atoms with van der Waals surface area (Å²) in [5.41, 5.74) is 6.48. The molecule has 1 saturated carbocycles. The molecule has 5 nitrogen and oxygen atoms in total. The lowest BCUT2D eigenvalue weighted by Gasteiger charge is -2.26. The number of nitrogens with one attached hydrogen (secondary N) is 1. The lowest BCUT2D eigenvalue weighted by Crippen LogP contribution is -2.17. The molecular weight excluding hydrogens is 369 g/mol. The standard InChI is InChI=1S/C20H25F3N4O/c1-12-3-9-16(10-4-12)27-11-17(18(24)28)19(26-27)25-15-7-5-14(6-8-15)13(2)20(21,22)23/h5-8,11-13,16H,3-4,9-10H2,1-2H3,(H2,24,28)(H,25,26). The molecule has 1 unspecified atom stereocenters. The smallest absolute Gasteiger partial charge is 0.365 e. The van der Waals surface area contributed by atoms with Crippen molar-refractivity contribution in [2.24, 2.45) is 11.7 Å². The lowest BCUT2D eigenvalue weighted by atomic mass is 9.87. The zero-order chi connectivity index (χ0) is 20.5. The van der Waals surface area contributed by atoms with Gasteiger partial charge in [-0.15, -0.1) is 0 Å². The van der Waals surface area contributed by atoms with Crippen LogP contribution >= 0.6 is 0 Å². The van der Waals surface area contributed by atoms with Crippen LogP contribution in [-0.4, -0.2) is 21.9 Å². The molecule has 1 atom stereocenters. The summed E-state index contributed by atoms with van der Waals surface area (Å²) in [6.07, 6.45) is 1.57. The van der Waals surface area contributed by atoms with E-state index in [1.807, 2.05) is 0 Å². The highest BCUT2D eigenvalue weighted by Gasteiger charge is 2.36. The summed E-state index contributed by atoms with van der Waals surface area (Å²) in [5.74, 6) is -1.13. The van der Waals surface area contributed by atoms with Gasteiger partial charge >= 0.3 is 6.18 Å². The molecule has 3 rings (SSSR count). The molecule has 1 heterocycles. The zero-order valence-electron chi connectivity index (χ0n) is 16.0. The van der Waals surface area contributed by atoms with Crippen LogP contribution in [0.4, 0.5) is 24.7 Å². The average Bonchev–Trinajstić information content (AvgIpc) is 3.05. The van der Waals surface area contributed by atoms with Gasteiger partial charge in [0.25, 0.3) is 5.91 Å². The van der Waals surface area contributed by atoms with Gasteiger partial charge in [0.2, 0.25) is 0 Å². The monoisotopic (exact) mass is 394 g/mol. The van der Waals surface area contributed by atoms with E-state index in [0.29, 0.717) is 17.4 Å². The summed E-state index contributed by atoms with van der Waals surface area (Å²) in [6, 6.07) is 6.15. The summed E-state index contributed by atoms with van der Waals surface area (Å²) >= 11 is 0. The Morgan fingerprint density at radius 2 is 1.82 bits per heavy atom. The molecule has 0 saturated heterocycles. The first-order chi connectivity index (χ1) is 13.1. The number of hydrogen-bond donors (Lipinski definition) is 2. The number of amides is 1. The summed E-state index contributed by atoms with van der Waals surface area (Å²) < 4.78 is 40.3. The van der Waals surface area contributed by atoms with Gasteiger partial charge < -0.3 is 11.1 Å². The minimum absolute atomic E-state index is 0.176. The molecule has 1 aliphatic rings. The second-order valence-electron chi connectivity index (χ2n) is 7.66. The summed E-state index contributed by atoms with van der Waals surface area (Å²) in [5, 5.41) is 7.51. The van der Waals surface area contributed by atoms with Gasteiger partial charge in [0.15, 0.2) is 5.82 Å². The van der Waals surface area contributed by atoms with Crippen molar-refractivity contribution in [3.63, 3.8) is 0 Å². The van der Waals surface area contributed by atoms with Gasteiger partial charge in [-0.3, -0.25) is 9.48 Å². The number of halogens is 3. The Kier molecular flexibility index (Phi) is 5.67. The molecule has 0 bridgehead atoms. The normalized spacial score (nSPS) is 21.3. The molecular formula is C20H25F3N4O. The lowest BCUT2D eigenvalue weighted by molar-refractivity contribution is -0.146. The van der Waals surface area contributed by atoms with Crippen LogP contribution in [0.3, 0.4) is 0 Å². The zero-order valence-corrected chi connectivity index (χ0v) is 16.0. The van der Waals surface area contributed by atoms with Crippen molar-refractivity contribution in [1.29, 1.82) is 0 Å². The third-order valence-electron chi connectivity index (χ3n) is 5.52. The predicted molar refractivity (Wildman–Crippen MR) is 102 cm³/mol. The molecule has 28 heavy (non-hydrogen) atoms. The van der Waals surface area contributed by atoms with Crippen LogP contribution in [0.5, 0.6) is 0 Å². The van der Waals surface area contributed by atoms with Crippen molar-refractivity contribution in [3.8, 4) is 0 Å². The van der Waals surface area contributed by atoms with Crippen LogP contribution in [0.15, 0.2) is 30.5 Å². The van der Waals surface area contributed by atoms with E-state index in [1.54, 1.807) is 23.0 Å². The van der Waals surface area contributed by atoms with Gasteiger partial charge in [0, 0.05) is 11.9 Å². The molecule has 152 valence electrons. The fraction of sp³-hybridized carbons (Fsp3) is 0.500. The number of carbonyl (C=O) groups excluding carboxylic acids is 1. The highest BCUT2D eigenvalue weighted by molar-refractivity contribution is 5.98. The number of benzene rings is 1. The number of anilines is 2. The van der Waals surface area contributed by atoms with E-state index in [2.05, 4.69) is 17.3 Å². The van der Waals surface area contributed by atoms with Crippen LogP contribution in [0.25, 0.3) is 0 Å². The SMILES string of the molecule is CC1CCC(n2cc(C(N)=O)c(Nc3ccc(C(C)C(F)(F)F)cc3)n2)CC1. The number of nitrogens with two attached hydrogens (primary N) is 1. The molecule has 0 radical (unpaired) electrons. The van der Waals surface area contributed by atoms with Gasteiger partial charge in [-0.1, -0.05) is 19.1 Å². The molecule has 0 aliphatic heterocycles. The van der Waals surface area contributed by atoms with Gasteiger partial charge in [-0.2, -0.15) is 18.3 Å². The number of aromatic nitrogens is 2. The Labute approximate surface area is 162 Å².